The predicted molar refractivity (Wildman–Crippen MR) is 179 cm³/mol. The number of carbonyl (C=O) groups is 3. The smallest absolute Gasteiger partial charge is 0.407 e. The van der Waals surface area contributed by atoms with Crippen molar-refractivity contribution in [1.82, 2.24) is 5.32 Å². The summed E-state index contributed by atoms with van der Waals surface area (Å²) in [6.07, 6.45) is -4.05. The third-order valence-corrected chi connectivity index (χ3v) is 8.52. The number of esters is 2. The molecule has 0 bridgehead atoms. The van der Waals surface area contributed by atoms with E-state index in [1.807, 2.05) is 111 Å². The van der Waals surface area contributed by atoms with E-state index in [-0.39, 0.29) is 25.0 Å². The molecular formula is C39H41NO8. The van der Waals surface area contributed by atoms with Gasteiger partial charge in [0.2, 0.25) is 0 Å². The molecule has 1 fully saturated rings. The van der Waals surface area contributed by atoms with Crippen LogP contribution in [0.15, 0.2) is 121 Å². The van der Waals surface area contributed by atoms with Crippen LogP contribution in [0, 0.1) is 11.8 Å². The lowest BCUT2D eigenvalue weighted by atomic mass is 9.73. The van der Waals surface area contributed by atoms with Crippen LogP contribution in [0.5, 0.6) is 0 Å². The van der Waals surface area contributed by atoms with Gasteiger partial charge in [-0.2, -0.15) is 0 Å². The number of carbonyl (C=O) groups excluding carboxylic acids is 3. The molecule has 9 heteroatoms. The largest absolute Gasteiger partial charge is 0.454 e. The molecule has 1 aliphatic rings. The quantitative estimate of drug-likeness (QED) is 0.129. The molecule has 5 rings (SSSR count). The average Bonchev–Trinajstić information content (AvgIpc) is 3.13. The van der Waals surface area contributed by atoms with Crippen LogP contribution in [0.25, 0.3) is 0 Å². The fourth-order valence-electron chi connectivity index (χ4n) is 5.73. The maximum absolute atomic E-state index is 13.4. The molecule has 250 valence electrons. The minimum absolute atomic E-state index is 0.0487. The van der Waals surface area contributed by atoms with Crippen LogP contribution in [0.4, 0.5) is 4.79 Å². The number of ether oxygens (including phenoxy) is 5. The molecule has 0 unspecified atom stereocenters. The van der Waals surface area contributed by atoms with E-state index in [4.69, 9.17) is 23.7 Å². The van der Waals surface area contributed by atoms with Crippen LogP contribution in [0.2, 0.25) is 0 Å². The molecular weight excluding hydrogens is 610 g/mol. The van der Waals surface area contributed by atoms with Gasteiger partial charge in [0, 0.05) is 5.92 Å². The Morgan fingerprint density at radius 3 is 1.54 bits per heavy atom. The number of hydrogen-bond acceptors (Lipinski definition) is 8. The van der Waals surface area contributed by atoms with Crippen molar-refractivity contribution in [3.05, 3.63) is 144 Å². The van der Waals surface area contributed by atoms with Gasteiger partial charge in [-0.1, -0.05) is 123 Å². The van der Waals surface area contributed by atoms with Crippen molar-refractivity contribution in [3.8, 4) is 0 Å². The minimum atomic E-state index is -1.05. The molecule has 0 saturated heterocycles. The number of benzene rings is 4. The first-order valence-electron chi connectivity index (χ1n) is 16.1. The molecule has 4 aromatic rings. The fourth-order valence-corrected chi connectivity index (χ4v) is 5.73. The van der Waals surface area contributed by atoms with Crippen LogP contribution < -0.4 is 5.32 Å². The Hall–Kier alpha value is -4.99. The van der Waals surface area contributed by atoms with E-state index >= 15 is 0 Å². The number of amides is 1. The highest BCUT2D eigenvalue weighted by atomic mass is 16.6. The van der Waals surface area contributed by atoms with Gasteiger partial charge in [-0.3, -0.25) is 4.79 Å². The van der Waals surface area contributed by atoms with Crippen molar-refractivity contribution in [2.24, 2.45) is 11.8 Å². The number of alkyl carbamates (subject to hydrolysis) is 1. The third kappa shape index (κ3) is 9.53. The summed E-state index contributed by atoms with van der Waals surface area (Å²) in [6, 6.07) is 37.2. The van der Waals surface area contributed by atoms with Gasteiger partial charge in [-0.15, -0.1) is 0 Å². The summed E-state index contributed by atoms with van der Waals surface area (Å²) in [6.45, 7) is 4.05. The summed E-state index contributed by atoms with van der Waals surface area (Å²) in [5.41, 5.74) is 3.07. The highest BCUT2D eigenvalue weighted by Crippen LogP contribution is 2.39. The number of rotatable bonds is 13. The second kappa shape index (κ2) is 17.2. The van der Waals surface area contributed by atoms with Gasteiger partial charge in [0.15, 0.2) is 6.10 Å². The van der Waals surface area contributed by atoms with Crippen LogP contribution in [0.3, 0.4) is 0 Å². The summed E-state index contributed by atoms with van der Waals surface area (Å²) in [5.74, 6) is -1.75. The molecule has 0 heterocycles. The fraction of sp³-hybridized carbons (Fsp3) is 0.308. The molecule has 1 N–H and O–H groups in total. The lowest BCUT2D eigenvalue weighted by molar-refractivity contribution is -0.227. The van der Waals surface area contributed by atoms with E-state index in [1.54, 1.807) is 24.3 Å². The highest BCUT2D eigenvalue weighted by molar-refractivity contribution is 5.89. The molecule has 6 atom stereocenters. The normalized spacial score (nSPS) is 21.9. The molecule has 4 aromatic carbocycles. The van der Waals surface area contributed by atoms with Gasteiger partial charge in [0.1, 0.15) is 25.4 Å². The SMILES string of the molecule is C[C@@H]1[C@@H](C)[C@H](OC(=O)c2ccccc2)[C@@H](OC(=O)CNC(=O)OCc2ccccc2)[C@H](OCc2ccccc2)[C@H]1OCc1ccccc1. The van der Waals surface area contributed by atoms with Crippen molar-refractivity contribution in [1.29, 1.82) is 0 Å². The Bertz CT molecular complexity index is 1590. The van der Waals surface area contributed by atoms with Crippen molar-refractivity contribution >= 4 is 18.0 Å². The van der Waals surface area contributed by atoms with Crippen molar-refractivity contribution in [2.45, 2.75) is 58.1 Å². The lowest BCUT2D eigenvalue weighted by Gasteiger charge is -2.47. The first kappa shape index (κ1) is 34.3. The molecule has 0 aromatic heterocycles. The first-order valence-corrected chi connectivity index (χ1v) is 16.1. The van der Waals surface area contributed by atoms with E-state index in [0.717, 1.165) is 16.7 Å². The van der Waals surface area contributed by atoms with E-state index in [0.29, 0.717) is 12.2 Å². The van der Waals surface area contributed by atoms with E-state index < -0.39 is 49.0 Å². The third-order valence-electron chi connectivity index (χ3n) is 8.52. The molecule has 0 radical (unpaired) electrons. The Morgan fingerprint density at radius 1 is 0.542 bits per heavy atom. The molecule has 1 amide bonds. The first-order chi connectivity index (χ1) is 23.4. The Morgan fingerprint density at radius 2 is 1.00 bits per heavy atom. The molecule has 0 aliphatic heterocycles. The Balaban J connectivity index is 1.37. The van der Waals surface area contributed by atoms with Gasteiger partial charge in [-0.25, -0.2) is 9.59 Å². The standard InChI is InChI=1S/C39H41NO8/c1-27-28(2)35(48-38(42)32-21-13-6-14-22-32)37(47-33(41)23-40-39(43)46-26-31-19-11-5-12-20-31)36(45-25-30-17-9-4-10-18-30)34(27)44-24-29-15-7-3-8-16-29/h3-22,27-28,34-37H,23-26H2,1-2H3,(H,40,43)/t27-,28-,34+,35+,36-,37-/m1/s1. The van der Waals surface area contributed by atoms with Gasteiger partial charge in [0.25, 0.3) is 0 Å². The summed E-state index contributed by atoms with van der Waals surface area (Å²) in [5, 5.41) is 2.46. The van der Waals surface area contributed by atoms with Crippen molar-refractivity contribution < 1.29 is 38.1 Å². The van der Waals surface area contributed by atoms with Crippen molar-refractivity contribution in [2.75, 3.05) is 6.54 Å². The summed E-state index contributed by atoms with van der Waals surface area (Å²) >= 11 is 0. The average molecular weight is 652 g/mol. The molecule has 9 nitrogen and oxygen atoms in total. The zero-order valence-electron chi connectivity index (χ0n) is 27.1. The highest BCUT2D eigenvalue weighted by Gasteiger charge is 2.52. The van der Waals surface area contributed by atoms with Crippen molar-refractivity contribution in [3.63, 3.8) is 0 Å². The maximum Gasteiger partial charge on any atom is 0.407 e. The van der Waals surface area contributed by atoms with Gasteiger partial charge < -0.3 is 29.0 Å². The second-order valence-corrected chi connectivity index (χ2v) is 11.8. The van der Waals surface area contributed by atoms with Crippen LogP contribution >= 0.6 is 0 Å². The van der Waals surface area contributed by atoms with Gasteiger partial charge in [0.05, 0.1) is 24.9 Å². The molecule has 0 spiro atoms. The molecule has 1 saturated carbocycles. The molecule has 1 aliphatic carbocycles. The zero-order chi connectivity index (χ0) is 33.7. The van der Waals surface area contributed by atoms with E-state index in [9.17, 15) is 14.4 Å². The van der Waals surface area contributed by atoms with E-state index in [1.165, 1.54) is 0 Å². The van der Waals surface area contributed by atoms with Crippen LogP contribution in [-0.4, -0.2) is 49.0 Å². The number of nitrogens with one attached hydrogen (secondary N) is 1. The van der Waals surface area contributed by atoms with Crippen LogP contribution in [0.1, 0.15) is 40.9 Å². The Kier molecular flexibility index (Phi) is 12.3. The second-order valence-electron chi connectivity index (χ2n) is 11.8. The number of hydrogen-bond donors (Lipinski definition) is 1. The summed E-state index contributed by atoms with van der Waals surface area (Å²) in [4.78, 5) is 39.1. The zero-order valence-corrected chi connectivity index (χ0v) is 27.1. The van der Waals surface area contributed by atoms with Gasteiger partial charge >= 0.3 is 18.0 Å². The summed E-state index contributed by atoms with van der Waals surface area (Å²) < 4.78 is 30.5. The minimum Gasteiger partial charge on any atom is -0.454 e. The monoisotopic (exact) mass is 651 g/mol. The maximum atomic E-state index is 13.4. The van der Waals surface area contributed by atoms with Gasteiger partial charge in [-0.05, 0) is 34.7 Å². The lowest BCUT2D eigenvalue weighted by Crippen LogP contribution is -2.61. The molecule has 48 heavy (non-hydrogen) atoms. The Labute approximate surface area is 281 Å². The van der Waals surface area contributed by atoms with Crippen LogP contribution in [-0.2, 0) is 48.3 Å². The summed E-state index contributed by atoms with van der Waals surface area (Å²) in [7, 11) is 0. The predicted octanol–water partition coefficient (Wildman–Crippen LogP) is 6.51. The van der Waals surface area contributed by atoms with E-state index in [2.05, 4.69) is 5.32 Å². The topological polar surface area (TPSA) is 109 Å².